The Hall–Kier alpha value is -5.55. The van der Waals surface area contributed by atoms with E-state index in [4.69, 9.17) is 4.99 Å². The molecule has 12 rings (SSSR count). The smallest absolute Gasteiger partial charge is 0.158 e. The third kappa shape index (κ3) is 3.81. The highest BCUT2D eigenvalue weighted by atomic mass is 32.1. The van der Waals surface area contributed by atoms with Crippen LogP contribution in [0.4, 0.5) is 5.69 Å². The van der Waals surface area contributed by atoms with E-state index in [2.05, 4.69) is 164 Å². The van der Waals surface area contributed by atoms with Gasteiger partial charge in [-0.15, -0.1) is 22.7 Å². The topological polar surface area (TPSA) is 15.6 Å². The molecule has 2 aliphatic heterocycles. The lowest BCUT2D eigenvalue weighted by molar-refractivity contribution is 0.492. The summed E-state index contributed by atoms with van der Waals surface area (Å²) < 4.78 is 5.09. The maximum atomic E-state index is 5.93. The summed E-state index contributed by atoms with van der Waals surface area (Å²) in [5, 5.41) is 10.5. The Morgan fingerprint density at radius 3 is 2.23 bits per heavy atom. The van der Waals surface area contributed by atoms with Gasteiger partial charge in [0.05, 0.1) is 6.04 Å². The van der Waals surface area contributed by atoms with Gasteiger partial charge >= 0.3 is 0 Å². The summed E-state index contributed by atoms with van der Waals surface area (Å²) in [6, 6.07) is 52.1. The van der Waals surface area contributed by atoms with Crippen molar-refractivity contribution in [2.75, 3.05) is 4.90 Å². The second-order valence-corrected chi connectivity index (χ2v) is 16.8. The molecule has 0 radical (unpaired) electrons. The molecule has 0 saturated carbocycles. The fraction of sp³-hybridized carbons (Fsp3) is 0.104. The summed E-state index contributed by atoms with van der Waals surface area (Å²) in [7, 11) is 0. The molecule has 0 bridgehead atoms. The number of hydrogen-bond donors (Lipinski definition) is 0. The number of fused-ring (bicyclic) bond motifs is 14. The molecule has 7 aromatic carbocycles. The van der Waals surface area contributed by atoms with Gasteiger partial charge in [-0.25, -0.2) is 4.99 Å². The molecule has 0 fully saturated rings. The molecule has 9 aromatic rings. The molecule has 2 aromatic heterocycles. The Morgan fingerprint density at radius 1 is 0.673 bits per heavy atom. The Kier molecular flexibility index (Phi) is 5.87. The van der Waals surface area contributed by atoms with Crippen LogP contribution >= 0.6 is 22.7 Å². The fourth-order valence-electron chi connectivity index (χ4n) is 9.85. The highest BCUT2D eigenvalue weighted by Gasteiger charge is 2.51. The van der Waals surface area contributed by atoms with Crippen molar-refractivity contribution in [3.05, 3.63) is 178 Å². The van der Waals surface area contributed by atoms with Crippen molar-refractivity contribution < 1.29 is 0 Å². The highest BCUT2D eigenvalue weighted by Crippen LogP contribution is 2.55. The molecule has 2 unspecified atom stereocenters. The predicted molar refractivity (Wildman–Crippen MR) is 222 cm³/mol. The first-order valence-electron chi connectivity index (χ1n) is 18.2. The van der Waals surface area contributed by atoms with Crippen molar-refractivity contribution in [2.45, 2.75) is 31.0 Å². The summed E-state index contributed by atoms with van der Waals surface area (Å²) in [5.74, 6) is 0.283. The van der Waals surface area contributed by atoms with Gasteiger partial charge in [0.25, 0.3) is 0 Å². The van der Waals surface area contributed by atoms with Crippen LogP contribution in [0.2, 0.25) is 0 Å². The van der Waals surface area contributed by atoms with Crippen molar-refractivity contribution in [3.8, 4) is 0 Å². The van der Waals surface area contributed by atoms with Crippen LogP contribution in [0.15, 0.2) is 151 Å². The van der Waals surface area contributed by atoms with Crippen LogP contribution in [0.5, 0.6) is 0 Å². The molecule has 3 atom stereocenters. The van der Waals surface area contributed by atoms with E-state index in [1.54, 1.807) is 0 Å². The molecule has 246 valence electrons. The van der Waals surface area contributed by atoms with Crippen molar-refractivity contribution >= 4 is 91.8 Å². The maximum absolute atomic E-state index is 5.93. The highest BCUT2D eigenvalue weighted by molar-refractivity contribution is 7.26. The first-order valence-corrected chi connectivity index (χ1v) is 19.8. The minimum absolute atomic E-state index is 0.121. The minimum atomic E-state index is -0.672. The maximum Gasteiger partial charge on any atom is 0.158 e. The van der Waals surface area contributed by atoms with Gasteiger partial charge in [0.2, 0.25) is 0 Å². The molecular formula is C48H32N2S2. The van der Waals surface area contributed by atoms with Crippen LogP contribution in [-0.2, 0) is 6.42 Å². The van der Waals surface area contributed by atoms with E-state index in [9.17, 15) is 0 Å². The summed E-state index contributed by atoms with van der Waals surface area (Å²) in [5.41, 5.74) is 7.43. The van der Waals surface area contributed by atoms with Gasteiger partial charge in [-0.2, -0.15) is 0 Å². The summed E-state index contributed by atoms with van der Waals surface area (Å²) in [4.78, 5) is 8.64. The van der Waals surface area contributed by atoms with Crippen LogP contribution < -0.4 is 14.8 Å². The molecule has 0 N–H and O–H groups in total. The minimum Gasteiger partial charge on any atom is -0.336 e. The average molecular weight is 701 g/mol. The first kappa shape index (κ1) is 29.1. The van der Waals surface area contributed by atoms with Crippen LogP contribution in [0.3, 0.4) is 0 Å². The van der Waals surface area contributed by atoms with E-state index < -0.39 is 5.66 Å². The molecule has 4 heterocycles. The molecule has 52 heavy (non-hydrogen) atoms. The third-order valence-corrected chi connectivity index (χ3v) is 14.3. The van der Waals surface area contributed by atoms with Crippen LogP contribution in [0.1, 0.15) is 35.1 Å². The van der Waals surface area contributed by atoms with E-state index >= 15 is 0 Å². The van der Waals surface area contributed by atoms with E-state index in [0.29, 0.717) is 0 Å². The SMILES string of the molecule is CC1(N2c3ccc4ccccc4c3[C@@H]3Cc4ccccc4C=CC32)N=c2sc3ccccc3c2=C1c1cc2ccccc2c2c1sc1ccccc12. The lowest BCUT2D eigenvalue weighted by atomic mass is 9.85. The van der Waals surface area contributed by atoms with Gasteiger partial charge < -0.3 is 4.90 Å². The van der Waals surface area contributed by atoms with Gasteiger partial charge in [0.15, 0.2) is 5.66 Å². The van der Waals surface area contributed by atoms with Crippen LogP contribution in [-0.4, -0.2) is 11.7 Å². The summed E-state index contributed by atoms with van der Waals surface area (Å²) >= 11 is 3.77. The monoisotopic (exact) mass is 700 g/mol. The Balaban J connectivity index is 1.22. The van der Waals surface area contributed by atoms with Gasteiger partial charge in [0, 0.05) is 58.2 Å². The number of benzene rings is 7. The van der Waals surface area contributed by atoms with Gasteiger partial charge in [-0.1, -0.05) is 127 Å². The molecule has 3 aliphatic rings. The van der Waals surface area contributed by atoms with Gasteiger partial charge in [-0.3, -0.25) is 0 Å². The number of thiophene rings is 2. The van der Waals surface area contributed by atoms with Crippen molar-refractivity contribution in [1.82, 2.24) is 0 Å². The zero-order valence-corrected chi connectivity index (χ0v) is 30.1. The zero-order chi connectivity index (χ0) is 34.1. The van der Waals surface area contributed by atoms with E-state index in [1.165, 1.54) is 90.5 Å². The Labute approximate surface area is 308 Å². The Morgan fingerprint density at radius 2 is 1.37 bits per heavy atom. The number of rotatable bonds is 2. The second-order valence-electron chi connectivity index (χ2n) is 14.7. The van der Waals surface area contributed by atoms with Crippen LogP contribution in [0, 0.1) is 0 Å². The third-order valence-electron chi connectivity index (χ3n) is 12.0. The van der Waals surface area contributed by atoms with Crippen LogP contribution in [0.25, 0.3) is 63.5 Å². The van der Waals surface area contributed by atoms with E-state index in [-0.39, 0.29) is 12.0 Å². The van der Waals surface area contributed by atoms with Crippen molar-refractivity contribution in [2.24, 2.45) is 4.99 Å². The second kappa shape index (κ2) is 10.5. The van der Waals surface area contributed by atoms with Crippen molar-refractivity contribution in [1.29, 1.82) is 0 Å². The standard InChI is InChI=1S/C48H32N2S2/c1-48(50-38-24-22-28-12-2-3-14-30(28)26-36(38)42-32-16-6-4-13-29(32)23-25-39(42)50)45(44-35-19-9-11-21-41(35)52-47(44)49-48)37-27-31-15-5-7-17-33(31)43-34-18-8-10-20-40(34)51-46(37)43/h2-25,27,36,38H,26H2,1H3/t36-,38?,48?/m1/s1. The predicted octanol–water partition coefficient (Wildman–Crippen LogP) is 11.4. The lowest BCUT2D eigenvalue weighted by Crippen LogP contribution is -2.50. The van der Waals surface area contributed by atoms with E-state index in [1.807, 2.05) is 22.7 Å². The normalized spacial score (nSPS) is 20.4. The van der Waals surface area contributed by atoms with Crippen molar-refractivity contribution in [3.63, 3.8) is 0 Å². The van der Waals surface area contributed by atoms with Gasteiger partial charge in [0.1, 0.15) is 4.67 Å². The first-order chi connectivity index (χ1) is 25.7. The molecule has 0 saturated heterocycles. The number of nitrogens with zero attached hydrogens (tertiary/aromatic N) is 2. The van der Waals surface area contributed by atoms with E-state index in [0.717, 1.165) is 11.1 Å². The molecule has 0 amide bonds. The Bertz CT molecular complexity index is 3160. The molecular weight excluding hydrogens is 669 g/mol. The number of anilines is 1. The summed E-state index contributed by atoms with van der Waals surface area (Å²) in [6.45, 7) is 2.41. The summed E-state index contributed by atoms with van der Waals surface area (Å²) in [6.07, 6.45) is 5.85. The zero-order valence-electron chi connectivity index (χ0n) is 28.5. The number of hydrogen-bond acceptors (Lipinski definition) is 4. The lowest BCUT2D eigenvalue weighted by Gasteiger charge is -2.42. The molecule has 1 aliphatic carbocycles. The van der Waals surface area contributed by atoms with Gasteiger partial charge in [-0.05, 0) is 75.8 Å². The molecule has 4 heteroatoms. The fourth-order valence-corrected chi connectivity index (χ4v) is 12.3. The quantitative estimate of drug-likeness (QED) is 0.175. The molecule has 0 spiro atoms. The largest absolute Gasteiger partial charge is 0.336 e. The molecule has 2 nitrogen and oxygen atoms in total. The average Bonchev–Trinajstić information content (AvgIpc) is 3.87.